The van der Waals surface area contributed by atoms with Gasteiger partial charge in [-0.15, -0.1) is 22.9 Å². The highest BCUT2D eigenvalue weighted by atomic mass is 35.5. The van der Waals surface area contributed by atoms with Crippen LogP contribution in [0.2, 0.25) is 0 Å². The van der Waals surface area contributed by atoms with E-state index in [9.17, 15) is 8.42 Å². The van der Waals surface area contributed by atoms with Crippen LogP contribution in [0.15, 0.2) is 28.7 Å². The number of thiophene rings is 1. The average molecular weight is 334 g/mol. The van der Waals surface area contributed by atoms with Crippen molar-refractivity contribution in [2.75, 3.05) is 12.9 Å². The molecule has 0 unspecified atom stereocenters. The minimum atomic E-state index is -3.45. The van der Waals surface area contributed by atoms with E-state index in [0.717, 1.165) is 10.4 Å². The summed E-state index contributed by atoms with van der Waals surface area (Å²) < 4.78 is 28.2. The summed E-state index contributed by atoms with van der Waals surface area (Å²) in [6.45, 7) is 0.304. The number of aromatic nitrogens is 2. The smallest absolute Gasteiger partial charge is 0.252 e. The largest absolute Gasteiger partial charge is 0.275 e. The molecule has 0 saturated carbocycles. The summed E-state index contributed by atoms with van der Waals surface area (Å²) in [5.41, 5.74) is 0.858. The molecule has 5 nitrogen and oxygen atoms in total. The van der Waals surface area contributed by atoms with Crippen molar-refractivity contribution in [3.05, 3.63) is 35.0 Å². The molecule has 0 aliphatic heterocycles. The van der Waals surface area contributed by atoms with E-state index in [-0.39, 0.29) is 0 Å². The Bertz CT molecular complexity index is 678. The Kier molecular flexibility index (Phi) is 4.85. The lowest BCUT2D eigenvalue weighted by Gasteiger charge is -2.14. The molecule has 0 bridgehead atoms. The van der Waals surface area contributed by atoms with E-state index in [0.29, 0.717) is 23.1 Å². The third-order valence-electron chi connectivity index (χ3n) is 2.81. The summed E-state index contributed by atoms with van der Waals surface area (Å²) >= 11 is 6.94. The Morgan fingerprint density at radius 1 is 1.45 bits per heavy atom. The second kappa shape index (κ2) is 6.26. The molecule has 2 aromatic rings. The molecule has 0 spiro atoms. The third kappa shape index (κ3) is 3.41. The van der Waals surface area contributed by atoms with Gasteiger partial charge in [-0.25, -0.2) is 8.42 Å². The lowest BCUT2D eigenvalue weighted by atomic mass is 10.4. The number of hydrogen-bond donors (Lipinski definition) is 0. The first-order chi connectivity index (χ1) is 9.43. The second-order valence-electron chi connectivity index (χ2n) is 4.44. The molecule has 0 radical (unpaired) electrons. The van der Waals surface area contributed by atoms with Crippen LogP contribution >= 0.6 is 22.9 Å². The van der Waals surface area contributed by atoms with E-state index in [4.69, 9.17) is 11.6 Å². The Morgan fingerprint density at radius 3 is 2.80 bits per heavy atom. The van der Waals surface area contributed by atoms with Crippen molar-refractivity contribution in [2.45, 2.75) is 17.2 Å². The minimum Gasteiger partial charge on any atom is -0.275 e. The molecule has 0 fully saturated rings. The van der Waals surface area contributed by atoms with Crippen molar-refractivity contribution >= 4 is 33.0 Å². The van der Waals surface area contributed by atoms with E-state index < -0.39 is 10.0 Å². The van der Waals surface area contributed by atoms with Crippen molar-refractivity contribution in [1.82, 2.24) is 14.1 Å². The molecule has 0 aliphatic rings. The summed E-state index contributed by atoms with van der Waals surface area (Å²) in [6.07, 6.45) is 4.16. The van der Waals surface area contributed by atoms with Crippen molar-refractivity contribution < 1.29 is 8.42 Å². The molecule has 2 heterocycles. The van der Waals surface area contributed by atoms with Gasteiger partial charge in [0.25, 0.3) is 10.0 Å². The molecule has 0 amide bonds. The van der Waals surface area contributed by atoms with Gasteiger partial charge in [0.1, 0.15) is 4.21 Å². The van der Waals surface area contributed by atoms with E-state index in [1.54, 1.807) is 37.2 Å². The fraction of sp³-hybridized carbons (Fsp3) is 0.417. The number of aryl methyl sites for hydroxylation is 2. The van der Waals surface area contributed by atoms with Crippen LogP contribution in [0.4, 0.5) is 0 Å². The monoisotopic (exact) mass is 333 g/mol. The predicted octanol–water partition coefficient (Wildman–Crippen LogP) is 2.08. The van der Waals surface area contributed by atoms with Gasteiger partial charge in [0, 0.05) is 43.2 Å². The van der Waals surface area contributed by atoms with Crippen molar-refractivity contribution in [2.24, 2.45) is 7.05 Å². The van der Waals surface area contributed by atoms with Gasteiger partial charge in [-0.05, 0) is 18.6 Å². The molecule has 8 heteroatoms. The highest BCUT2D eigenvalue weighted by molar-refractivity contribution is 7.91. The van der Waals surface area contributed by atoms with E-state index in [2.05, 4.69) is 5.10 Å². The summed E-state index contributed by atoms with van der Waals surface area (Å²) in [7, 11) is -0.0797. The molecule has 0 N–H and O–H groups in total. The highest BCUT2D eigenvalue weighted by Crippen LogP contribution is 2.25. The van der Waals surface area contributed by atoms with Crippen LogP contribution in [0, 0.1) is 0 Å². The van der Waals surface area contributed by atoms with Gasteiger partial charge in [0.05, 0.1) is 6.20 Å². The topological polar surface area (TPSA) is 55.2 Å². The lowest BCUT2D eigenvalue weighted by molar-refractivity contribution is 0.468. The van der Waals surface area contributed by atoms with Crippen molar-refractivity contribution in [3.63, 3.8) is 0 Å². The number of hydrogen-bond acceptors (Lipinski definition) is 4. The first kappa shape index (κ1) is 15.5. The summed E-state index contributed by atoms with van der Waals surface area (Å²) in [4.78, 5) is 0.980. The molecule has 2 aromatic heterocycles. The highest BCUT2D eigenvalue weighted by Gasteiger charge is 2.23. The first-order valence-electron chi connectivity index (χ1n) is 6.02. The van der Waals surface area contributed by atoms with Gasteiger partial charge in [0.15, 0.2) is 0 Å². The van der Waals surface area contributed by atoms with Gasteiger partial charge >= 0.3 is 0 Å². The maximum atomic E-state index is 12.4. The van der Waals surface area contributed by atoms with Gasteiger partial charge in [-0.2, -0.15) is 9.40 Å². The first-order valence-corrected chi connectivity index (χ1v) is 8.81. The van der Waals surface area contributed by atoms with Crippen LogP contribution in [0.3, 0.4) is 0 Å². The maximum absolute atomic E-state index is 12.4. The summed E-state index contributed by atoms with van der Waals surface area (Å²) in [6, 6.07) is 3.46. The van der Waals surface area contributed by atoms with Gasteiger partial charge in [-0.3, -0.25) is 4.68 Å². The van der Waals surface area contributed by atoms with Crippen LogP contribution in [-0.2, 0) is 30.0 Å². The zero-order valence-electron chi connectivity index (χ0n) is 11.3. The third-order valence-corrected chi connectivity index (χ3v) is 6.41. The van der Waals surface area contributed by atoms with Crippen LogP contribution in [0.1, 0.15) is 10.4 Å². The zero-order valence-corrected chi connectivity index (χ0v) is 13.7. The normalized spacial score (nSPS) is 12.2. The number of nitrogens with zero attached hydrogens (tertiary/aromatic N) is 3. The number of sulfonamides is 1. The minimum absolute atomic E-state index is 0.304. The van der Waals surface area contributed by atoms with Crippen molar-refractivity contribution in [3.8, 4) is 0 Å². The molecule has 0 saturated heterocycles. The summed E-state index contributed by atoms with van der Waals surface area (Å²) in [5, 5.41) is 4.04. The van der Waals surface area contributed by atoms with Gasteiger partial charge in [0.2, 0.25) is 0 Å². The number of rotatable bonds is 6. The maximum Gasteiger partial charge on any atom is 0.252 e. The molecule has 0 atom stereocenters. The lowest BCUT2D eigenvalue weighted by Crippen LogP contribution is -2.25. The molecule has 110 valence electrons. The molecular formula is C12H16ClN3O2S2. The standard InChI is InChI=1S/C12H16ClN3O2S2/c1-15-8-10(7-14-15)9-16(2)20(17,18)12-4-3-11(19-12)5-6-13/h3-4,7-8H,5-6,9H2,1-2H3. The predicted molar refractivity (Wildman–Crippen MR) is 80.6 cm³/mol. The quantitative estimate of drug-likeness (QED) is 0.761. The van der Waals surface area contributed by atoms with Gasteiger partial charge < -0.3 is 0 Å². The van der Waals surface area contributed by atoms with Crippen LogP contribution in [0.5, 0.6) is 0 Å². The zero-order chi connectivity index (χ0) is 14.8. The molecule has 0 aliphatic carbocycles. The molecular weight excluding hydrogens is 318 g/mol. The Hall–Kier alpha value is -0.890. The summed E-state index contributed by atoms with van der Waals surface area (Å²) in [5.74, 6) is 0.492. The Balaban J connectivity index is 2.15. The van der Waals surface area contributed by atoms with E-state index in [1.807, 2.05) is 6.07 Å². The molecule has 2 rings (SSSR count). The van der Waals surface area contributed by atoms with Crippen LogP contribution in [-0.4, -0.2) is 35.4 Å². The van der Waals surface area contributed by atoms with E-state index >= 15 is 0 Å². The SMILES string of the molecule is CN(Cc1cnn(C)c1)S(=O)(=O)c1ccc(CCCl)s1. The fourth-order valence-electron chi connectivity index (χ4n) is 1.77. The molecule has 20 heavy (non-hydrogen) atoms. The number of alkyl halides is 1. The van der Waals surface area contributed by atoms with Gasteiger partial charge in [-0.1, -0.05) is 0 Å². The molecule has 0 aromatic carbocycles. The average Bonchev–Trinajstić information content (AvgIpc) is 2.99. The van der Waals surface area contributed by atoms with Crippen LogP contribution in [0.25, 0.3) is 0 Å². The van der Waals surface area contributed by atoms with E-state index in [1.165, 1.54) is 15.6 Å². The second-order valence-corrected chi connectivity index (χ2v) is 8.26. The Morgan fingerprint density at radius 2 is 2.20 bits per heavy atom. The number of halogens is 1. The Labute approximate surface area is 127 Å². The van der Waals surface area contributed by atoms with Crippen LogP contribution < -0.4 is 0 Å². The fourth-order valence-corrected chi connectivity index (χ4v) is 4.81. The van der Waals surface area contributed by atoms with Crippen molar-refractivity contribution in [1.29, 1.82) is 0 Å².